The van der Waals surface area contributed by atoms with Crippen LogP contribution in [-0.4, -0.2) is 38.0 Å². The maximum Gasteiger partial charge on any atom is 0.223 e. The summed E-state index contributed by atoms with van der Waals surface area (Å²) in [7, 11) is 3.43. The van der Waals surface area contributed by atoms with E-state index in [-0.39, 0.29) is 12.2 Å². The number of ether oxygens (including phenoxy) is 4. The predicted molar refractivity (Wildman–Crippen MR) is 66.2 cm³/mol. The van der Waals surface area contributed by atoms with Gasteiger partial charge in [0.15, 0.2) is 0 Å². The molecule has 2 saturated carbocycles. The van der Waals surface area contributed by atoms with Crippen molar-refractivity contribution in [3.63, 3.8) is 0 Å². The van der Waals surface area contributed by atoms with Crippen LogP contribution in [0.5, 0.6) is 0 Å². The molecule has 0 aromatic carbocycles. The topological polar surface area (TPSA) is 36.9 Å². The van der Waals surface area contributed by atoms with Gasteiger partial charge in [-0.1, -0.05) is 12.8 Å². The minimum atomic E-state index is -0.696. The summed E-state index contributed by atoms with van der Waals surface area (Å²) in [5.74, 6) is -1.39. The zero-order valence-electron chi connectivity index (χ0n) is 11.4. The minimum Gasteiger partial charge on any atom is -0.349 e. The van der Waals surface area contributed by atoms with Gasteiger partial charge in [-0.05, 0) is 25.7 Å². The fraction of sp³-hybridized carbons (Fsp3) is 1.00. The van der Waals surface area contributed by atoms with Crippen LogP contribution in [0.1, 0.15) is 51.4 Å². The highest BCUT2D eigenvalue weighted by molar-refractivity contribution is 4.99. The van der Waals surface area contributed by atoms with Gasteiger partial charge in [-0.2, -0.15) is 0 Å². The fourth-order valence-electron chi connectivity index (χ4n) is 3.83. The Morgan fingerprint density at radius 3 is 1.61 bits per heavy atom. The summed E-state index contributed by atoms with van der Waals surface area (Å²) in [6.45, 7) is 0. The lowest BCUT2D eigenvalue weighted by Gasteiger charge is -2.57. The summed E-state index contributed by atoms with van der Waals surface area (Å²) in [4.78, 5) is 0. The van der Waals surface area contributed by atoms with Crippen molar-refractivity contribution in [2.75, 3.05) is 14.2 Å². The SMILES string of the molecule is CO[C@@]12CCCC[C@@]1(OC)O[C@H]1CCCC[C@@H]1O2. The van der Waals surface area contributed by atoms with Gasteiger partial charge in [0.25, 0.3) is 0 Å². The molecular formula is C14H24O4. The second kappa shape index (κ2) is 4.75. The summed E-state index contributed by atoms with van der Waals surface area (Å²) in [5.41, 5.74) is 0. The molecule has 0 spiro atoms. The maximum absolute atomic E-state index is 6.35. The molecule has 3 aliphatic rings. The van der Waals surface area contributed by atoms with E-state index in [1.807, 2.05) is 0 Å². The highest BCUT2D eigenvalue weighted by Gasteiger charge is 2.62. The first-order valence-electron chi connectivity index (χ1n) is 7.21. The van der Waals surface area contributed by atoms with Crippen LogP contribution >= 0.6 is 0 Å². The quantitative estimate of drug-likeness (QED) is 0.761. The molecule has 104 valence electrons. The molecule has 1 aliphatic heterocycles. The fourth-order valence-corrected chi connectivity index (χ4v) is 3.83. The summed E-state index contributed by atoms with van der Waals surface area (Å²) < 4.78 is 24.2. The summed E-state index contributed by atoms with van der Waals surface area (Å²) in [6.07, 6.45) is 8.92. The average Bonchev–Trinajstić information content (AvgIpc) is 2.44. The molecule has 18 heavy (non-hydrogen) atoms. The molecular weight excluding hydrogens is 232 g/mol. The minimum absolute atomic E-state index is 0.181. The number of methoxy groups -OCH3 is 2. The third-order valence-corrected chi connectivity index (χ3v) is 4.83. The second-order valence-electron chi connectivity index (χ2n) is 5.72. The van der Waals surface area contributed by atoms with Crippen molar-refractivity contribution >= 4 is 0 Å². The molecule has 4 heteroatoms. The number of rotatable bonds is 2. The molecule has 0 radical (unpaired) electrons. The summed E-state index contributed by atoms with van der Waals surface area (Å²) >= 11 is 0. The van der Waals surface area contributed by atoms with Gasteiger partial charge in [-0.3, -0.25) is 0 Å². The Bertz CT molecular complexity index is 278. The van der Waals surface area contributed by atoms with Crippen molar-refractivity contribution in [2.45, 2.75) is 75.1 Å². The van der Waals surface area contributed by atoms with E-state index in [2.05, 4.69) is 0 Å². The van der Waals surface area contributed by atoms with E-state index < -0.39 is 11.6 Å². The van der Waals surface area contributed by atoms with E-state index in [4.69, 9.17) is 18.9 Å². The zero-order valence-corrected chi connectivity index (χ0v) is 11.4. The lowest BCUT2D eigenvalue weighted by Crippen LogP contribution is -2.69. The molecule has 0 unspecified atom stereocenters. The molecule has 0 bridgehead atoms. The van der Waals surface area contributed by atoms with E-state index in [0.29, 0.717) is 0 Å². The van der Waals surface area contributed by atoms with Crippen LogP contribution in [-0.2, 0) is 18.9 Å². The van der Waals surface area contributed by atoms with Crippen molar-refractivity contribution in [1.29, 1.82) is 0 Å². The van der Waals surface area contributed by atoms with Gasteiger partial charge in [0.1, 0.15) is 0 Å². The van der Waals surface area contributed by atoms with Crippen molar-refractivity contribution in [2.24, 2.45) is 0 Å². The normalized spacial score (nSPS) is 48.3. The van der Waals surface area contributed by atoms with Crippen LogP contribution in [0.2, 0.25) is 0 Å². The molecule has 1 saturated heterocycles. The Morgan fingerprint density at radius 2 is 1.22 bits per heavy atom. The Kier molecular flexibility index (Phi) is 3.39. The highest BCUT2D eigenvalue weighted by Crippen LogP contribution is 2.50. The lowest BCUT2D eigenvalue weighted by atomic mass is 9.83. The lowest BCUT2D eigenvalue weighted by molar-refractivity contribution is -0.472. The Balaban J connectivity index is 1.90. The van der Waals surface area contributed by atoms with Crippen molar-refractivity contribution in [3.05, 3.63) is 0 Å². The molecule has 0 aromatic rings. The summed E-state index contributed by atoms with van der Waals surface area (Å²) in [5, 5.41) is 0. The second-order valence-corrected chi connectivity index (χ2v) is 5.72. The first-order chi connectivity index (χ1) is 8.75. The van der Waals surface area contributed by atoms with Crippen molar-refractivity contribution < 1.29 is 18.9 Å². The van der Waals surface area contributed by atoms with Crippen LogP contribution in [0.25, 0.3) is 0 Å². The van der Waals surface area contributed by atoms with Crippen LogP contribution in [0.3, 0.4) is 0 Å². The van der Waals surface area contributed by atoms with Crippen molar-refractivity contribution in [3.8, 4) is 0 Å². The molecule has 1 heterocycles. The van der Waals surface area contributed by atoms with Gasteiger partial charge < -0.3 is 18.9 Å². The van der Waals surface area contributed by atoms with Gasteiger partial charge in [0, 0.05) is 27.1 Å². The molecule has 0 aromatic heterocycles. The van der Waals surface area contributed by atoms with E-state index in [1.54, 1.807) is 14.2 Å². The van der Waals surface area contributed by atoms with Gasteiger partial charge >= 0.3 is 0 Å². The largest absolute Gasteiger partial charge is 0.349 e. The van der Waals surface area contributed by atoms with E-state index in [9.17, 15) is 0 Å². The van der Waals surface area contributed by atoms with E-state index in [0.717, 1.165) is 38.5 Å². The van der Waals surface area contributed by atoms with Crippen LogP contribution in [0, 0.1) is 0 Å². The smallest absolute Gasteiger partial charge is 0.223 e. The molecule has 3 rings (SSSR count). The van der Waals surface area contributed by atoms with Crippen LogP contribution in [0.15, 0.2) is 0 Å². The first-order valence-corrected chi connectivity index (χ1v) is 7.21. The molecule has 2 aliphatic carbocycles. The van der Waals surface area contributed by atoms with Gasteiger partial charge in [0.05, 0.1) is 12.2 Å². The van der Waals surface area contributed by atoms with Gasteiger partial charge in [-0.15, -0.1) is 0 Å². The van der Waals surface area contributed by atoms with Crippen LogP contribution < -0.4 is 0 Å². The van der Waals surface area contributed by atoms with Crippen LogP contribution in [0.4, 0.5) is 0 Å². The first kappa shape index (κ1) is 12.9. The average molecular weight is 256 g/mol. The molecule has 0 N–H and O–H groups in total. The third-order valence-electron chi connectivity index (χ3n) is 4.83. The predicted octanol–water partition coefficient (Wildman–Crippen LogP) is 2.60. The van der Waals surface area contributed by atoms with Gasteiger partial charge in [0.2, 0.25) is 11.6 Å². The standard InChI is InChI=1S/C14H24O4/c1-15-13-9-5-6-10-14(13,16-2)18-12-8-4-3-7-11(12)17-13/h11-12H,3-10H2,1-2H3/t11-,12-,13+,14+/m0/s1. The molecule has 4 nitrogen and oxygen atoms in total. The van der Waals surface area contributed by atoms with Gasteiger partial charge in [-0.25, -0.2) is 0 Å². The summed E-state index contributed by atoms with van der Waals surface area (Å²) in [6, 6.07) is 0. The number of hydrogen-bond acceptors (Lipinski definition) is 4. The van der Waals surface area contributed by atoms with E-state index >= 15 is 0 Å². The number of hydrogen-bond donors (Lipinski definition) is 0. The highest BCUT2D eigenvalue weighted by atomic mass is 16.8. The Labute approximate surface area is 109 Å². The van der Waals surface area contributed by atoms with Crippen molar-refractivity contribution in [1.82, 2.24) is 0 Å². The third kappa shape index (κ3) is 1.73. The number of fused-ring (bicyclic) bond motifs is 2. The van der Waals surface area contributed by atoms with E-state index in [1.165, 1.54) is 12.8 Å². The molecule has 0 amide bonds. The maximum atomic E-state index is 6.35. The Hall–Kier alpha value is -0.160. The Morgan fingerprint density at radius 1 is 0.778 bits per heavy atom. The zero-order chi connectivity index (χ0) is 12.6. The monoisotopic (exact) mass is 256 g/mol. The molecule has 4 atom stereocenters. The molecule has 3 fully saturated rings.